The SMILES string of the molecule is Nc1ccc(Br)c(C(F)F)c1OC(F)(F)F. The number of nitrogen functional groups attached to an aromatic ring is 1. The third-order valence-electron chi connectivity index (χ3n) is 1.61. The van der Waals surface area contributed by atoms with Crippen LogP contribution in [0.3, 0.4) is 0 Å². The minimum atomic E-state index is -5.07. The predicted molar refractivity (Wildman–Crippen MR) is 50.2 cm³/mol. The van der Waals surface area contributed by atoms with Crippen LogP contribution in [0.15, 0.2) is 16.6 Å². The van der Waals surface area contributed by atoms with Gasteiger partial charge >= 0.3 is 6.36 Å². The van der Waals surface area contributed by atoms with Crippen molar-refractivity contribution in [2.24, 2.45) is 0 Å². The minimum absolute atomic E-state index is 0.198. The van der Waals surface area contributed by atoms with E-state index in [0.29, 0.717) is 0 Å². The molecular formula is C8H5BrF5NO. The highest BCUT2D eigenvalue weighted by Crippen LogP contribution is 2.41. The third kappa shape index (κ3) is 2.97. The van der Waals surface area contributed by atoms with E-state index in [4.69, 9.17) is 5.73 Å². The van der Waals surface area contributed by atoms with E-state index in [0.717, 1.165) is 12.1 Å². The summed E-state index contributed by atoms with van der Waals surface area (Å²) in [5.74, 6) is -1.07. The molecule has 2 nitrogen and oxygen atoms in total. The first kappa shape index (κ1) is 13.0. The molecule has 0 radical (unpaired) electrons. The van der Waals surface area contributed by atoms with Crippen LogP contribution in [0.25, 0.3) is 0 Å². The number of anilines is 1. The first-order valence-electron chi connectivity index (χ1n) is 3.84. The molecule has 90 valence electrons. The van der Waals surface area contributed by atoms with Gasteiger partial charge < -0.3 is 10.5 Å². The zero-order valence-electron chi connectivity index (χ0n) is 7.49. The Labute approximate surface area is 95.3 Å². The van der Waals surface area contributed by atoms with Gasteiger partial charge in [-0.2, -0.15) is 0 Å². The van der Waals surface area contributed by atoms with Crippen LogP contribution in [-0.2, 0) is 0 Å². The van der Waals surface area contributed by atoms with Crippen LogP contribution in [0.2, 0.25) is 0 Å². The molecule has 1 aromatic rings. The van der Waals surface area contributed by atoms with Gasteiger partial charge in [0.15, 0.2) is 5.75 Å². The average molecular weight is 306 g/mol. The van der Waals surface area contributed by atoms with Gasteiger partial charge in [0.05, 0.1) is 11.3 Å². The quantitative estimate of drug-likeness (QED) is 0.665. The first-order valence-corrected chi connectivity index (χ1v) is 4.63. The van der Waals surface area contributed by atoms with Crippen molar-refractivity contribution in [1.82, 2.24) is 0 Å². The van der Waals surface area contributed by atoms with Crippen LogP contribution >= 0.6 is 15.9 Å². The lowest BCUT2D eigenvalue weighted by Crippen LogP contribution is -2.19. The molecule has 0 aromatic heterocycles. The van der Waals surface area contributed by atoms with E-state index in [2.05, 4.69) is 20.7 Å². The first-order chi connectivity index (χ1) is 7.22. The van der Waals surface area contributed by atoms with Gasteiger partial charge in [0, 0.05) is 4.47 Å². The van der Waals surface area contributed by atoms with Gasteiger partial charge in [-0.3, -0.25) is 0 Å². The molecule has 16 heavy (non-hydrogen) atoms. The van der Waals surface area contributed by atoms with Crippen molar-refractivity contribution >= 4 is 21.6 Å². The molecule has 1 rings (SSSR count). The van der Waals surface area contributed by atoms with Gasteiger partial charge in [-0.05, 0) is 12.1 Å². The molecule has 0 aliphatic carbocycles. The van der Waals surface area contributed by atoms with E-state index >= 15 is 0 Å². The maximum Gasteiger partial charge on any atom is 0.573 e. The molecule has 0 fully saturated rings. The fourth-order valence-corrected chi connectivity index (χ4v) is 1.51. The molecule has 0 spiro atoms. The topological polar surface area (TPSA) is 35.2 Å². The Balaban J connectivity index is 3.29. The Morgan fingerprint density at radius 3 is 2.25 bits per heavy atom. The van der Waals surface area contributed by atoms with Crippen molar-refractivity contribution in [3.05, 3.63) is 22.2 Å². The molecular weight excluding hydrogens is 301 g/mol. The van der Waals surface area contributed by atoms with Gasteiger partial charge in [-0.1, -0.05) is 15.9 Å². The molecule has 0 saturated heterocycles. The van der Waals surface area contributed by atoms with Gasteiger partial charge in [-0.15, -0.1) is 13.2 Å². The van der Waals surface area contributed by atoms with Gasteiger partial charge in [0.2, 0.25) is 0 Å². The smallest absolute Gasteiger partial charge is 0.403 e. The molecule has 0 aliphatic rings. The normalized spacial score (nSPS) is 11.9. The molecule has 0 unspecified atom stereocenters. The summed E-state index contributed by atoms with van der Waals surface area (Å²) in [5.41, 5.74) is 3.73. The van der Waals surface area contributed by atoms with Gasteiger partial charge in [0.25, 0.3) is 6.43 Å². The van der Waals surface area contributed by atoms with Crippen LogP contribution in [0.4, 0.5) is 27.6 Å². The molecule has 2 N–H and O–H groups in total. The number of ether oxygens (including phenoxy) is 1. The fourth-order valence-electron chi connectivity index (χ4n) is 1.03. The van der Waals surface area contributed by atoms with E-state index in [-0.39, 0.29) is 4.47 Å². The van der Waals surface area contributed by atoms with Crippen LogP contribution in [0, 0.1) is 0 Å². The highest BCUT2D eigenvalue weighted by Gasteiger charge is 2.35. The number of hydrogen-bond donors (Lipinski definition) is 1. The maximum atomic E-state index is 12.5. The van der Waals surface area contributed by atoms with Crippen LogP contribution in [-0.4, -0.2) is 6.36 Å². The van der Waals surface area contributed by atoms with E-state index < -0.39 is 29.8 Å². The summed E-state index contributed by atoms with van der Waals surface area (Å²) in [4.78, 5) is 0. The second kappa shape index (κ2) is 4.44. The molecule has 1 aromatic carbocycles. The fraction of sp³-hybridized carbons (Fsp3) is 0.250. The highest BCUT2D eigenvalue weighted by atomic mass is 79.9. The van der Waals surface area contributed by atoms with Gasteiger partial charge in [0.1, 0.15) is 0 Å². The maximum absolute atomic E-state index is 12.5. The van der Waals surface area contributed by atoms with Crippen molar-refractivity contribution in [3.63, 3.8) is 0 Å². The molecule has 0 atom stereocenters. The van der Waals surface area contributed by atoms with Crippen molar-refractivity contribution in [2.45, 2.75) is 12.8 Å². The number of benzene rings is 1. The number of nitrogens with two attached hydrogens (primary N) is 1. The molecule has 8 heteroatoms. The molecule has 0 heterocycles. The highest BCUT2D eigenvalue weighted by molar-refractivity contribution is 9.10. The van der Waals surface area contributed by atoms with Crippen LogP contribution in [0.1, 0.15) is 12.0 Å². The molecule has 0 saturated carbocycles. The van der Waals surface area contributed by atoms with E-state index in [1.165, 1.54) is 0 Å². The third-order valence-corrected chi connectivity index (χ3v) is 2.30. The predicted octanol–water partition coefficient (Wildman–Crippen LogP) is 3.87. The van der Waals surface area contributed by atoms with E-state index in [1.807, 2.05) is 0 Å². The zero-order valence-corrected chi connectivity index (χ0v) is 9.07. The summed E-state index contributed by atoms with van der Waals surface area (Å²) in [6, 6.07) is 2.16. The summed E-state index contributed by atoms with van der Waals surface area (Å²) >= 11 is 2.71. The Morgan fingerprint density at radius 2 is 1.81 bits per heavy atom. The number of halogens is 6. The number of rotatable bonds is 2. The Morgan fingerprint density at radius 1 is 1.25 bits per heavy atom. The summed E-state index contributed by atoms with van der Waals surface area (Å²) in [6.07, 6.45) is -8.20. The largest absolute Gasteiger partial charge is 0.573 e. The lowest BCUT2D eigenvalue weighted by molar-refractivity contribution is -0.274. The minimum Gasteiger partial charge on any atom is -0.403 e. The summed E-state index contributed by atoms with van der Waals surface area (Å²) in [6.45, 7) is 0. The monoisotopic (exact) mass is 305 g/mol. The van der Waals surface area contributed by atoms with Crippen molar-refractivity contribution < 1.29 is 26.7 Å². The van der Waals surface area contributed by atoms with Crippen molar-refractivity contribution in [1.29, 1.82) is 0 Å². The zero-order chi connectivity index (χ0) is 12.5. The van der Waals surface area contributed by atoms with E-state index in [1.54, 1.807) is 0 Å². The second-order valence-electron chi connectivity index (χ2n) is 2.73. The number of alkyl halides is 5. The summed E-state index contributed by atoms with van der Waals surface area (Å²) in [7, 11) is 0. The lowest BCUT2D eigenvalue weighted by Gasteiger charge is -2.16. The Bertz CT molecular complexity index is 393. The Kier molecular flexibility index (Phi) is 3.61. The Hall–Kier alpha value is -1.05. The van der Waals surface area contributed by atoms with E-state index in [9.17, 15) is 22.0 Å². The van der Waals surface area contributed by atoms with Gasteiger partial charge in [-0.25, -0.2) is 8.78 Å². The summed E-state index contributed by atoms with van der Waals surface area (Å²) < 4.78 is 64.2. The lowest BCUT2D eigenvalue weighted by atomic mass is 10.2. The van der Waals surface area contributed by atoms with Crippen LogP contribution < -0.4 is 10.5 Å². The molecule has 0 bridgehead atoms. The molecule has 0 aliphatic heterocycles. The number of hydrogen-bond acceptors (Lipinski definition) is 2. The van der Waals surface area contributed by atoms with Crippen molar-refractivity contribution in [3.8, 4) is 5.75 Å². The average Bonchev–Trinajstić information content (AvgIpc) is 2.08. The summed E-state index contributed by atoms with van der Waals surface area (Å²) in [5, 5.41) is 0. The standard InChI is InChI=1S/C8H5BrF5NO/c9-3-1-2-4(15)6(5(3)7(10)11)16-8(12,13)14/h1-2,7H,15H2. The molecule has 0 amide bonds. The van der Waals surface area contributed by atoms with Crippen molar-refractivity contribution in [2.75, 3.05) is 5.73 Å². The second-order valence-corrected chi connectivity index (χ2v) is 3.58. The van der Waals surface area contributed by atoms with Crippen LogP contribution in [0.5, 0.6) is 5.75 Å².